The van der Waals surface area contributed by atoms with E-state index in [9.17, 15) is 5.11 Å². The lowest BCUT2D eigenvalue weighted by Crippen LogP contribution is -2.34. The van der Waals surface area contributed by atoms with Crippen molar-refractivity contribution in [2.24, 2.45) is 28.5 Å². The van der Waals surface area contributed by atoms with Crippen LogP contribution in [-0.2, 0) is 0 Å². The van der Waals surface area contributed by atoms with Crippen LogP contribution in [0, 0.1) is 17.8 Å². The van der Waals surface area contributed by atoms with Crippen LogP contribution in [-0.4, -0.2) is 29.5 Å². The van der Waals surface area contributed by atoms with Gasteiger partial charge < -0.3 is 10.8 Å². The highest BCUT2D eigenvalue weighted by Gasteiger charge is 2.30. The number of rotatable bonds is 8. The summed E-state index contributed by atoms with van der Waals surface area (Å²) < 4.78 is 0. The summed E-state index contributed by atoms with van der Waals surface area (Å²) in [5.41, 5.74) is 10.1. The van der Waals surface area contributed by atoms with E-state index in [-0.39, 0.29) is 6.10 Å². The summed E-state index contributed by atoms with van der Waals surface area (Å²) in [5.74, 6) is 1.71. The molecule has 5 unspecified atom stereocenters. The first-order chi connectivity index (χ1) is 12.0. The Bertz CT molecular complexity index is 482. The Kier molecular flexibility index (Phi) is 8.15. The van der Waals surface area contributed by atoms with Crippen molar-refractivity contribution >= 4 is 5.71 Å². The molecule has 0 aromatic rings. The van der Waals surface area contributed by atoms with Crippen molar-refractivity contribution < 1.29 is 5.11 Å². The summed E-state index contributed by atoms with van der Waals surface area (Å²) in [6.45, 7) is 9.95. The summed E-state index contributed by atoms with van der Waals surface area (Å²) >= 11 is 0. The Balaban J connectivity index is 2.04. The van der Waals surface area contributed by atoms with Crippen LogP contribution < -0.4 is 5.73 Å². The van der Waals surface area contributed by atoms with E-state index >= 15 is 0 Å². The third kappa shape index (κ3) is 5.65. The third-order valence-electron chi connectivity index (χ3n) is 6.41. The Morgan fingerprint density at radius 1 is 1.28 bits per heavy atom. The molecule has 0 radical (unpaired) electrons. The lowest BCUT2D eigenvalue weighted by molar-refractivity contribution is 0.206. The van der Waals surface area contributed by atoms with Gasteiger partial charge in [0.1, 0.15) is 0 Å². The zero-order valence-electron chi connectivity index (χ0n) is 16.9. The van der Waals surface area contributed by atoms with Crippen molar-refractivity contribution in [3.05, 3.63) is 11.1 Å². The molecule has 0 spiro atoms. The fourth-order valence-electron chi connectivity index (χ4n) is 4.83. The van der Waals surface area contributed by atoms with Gasteiger partial charge in [-0.05, 0) is 69.7 Å². The molecule has 0 saturated carbocycles. The maximum Gasteiger partial charge on any atom is 0.0920 e. The fourth-order valence-corrected chi connectivity index (χ4v) is 4.83. The van der Waals surface area contributed by atoms with Crippen LogP contribution in [0.1, 0.15) is 85.5 Å². The number of aliphatic hydroxyl groups is 1. The van der Waals surface area contributed by atoms with Gasteiger partial charge in [-0.3, -0.25) is 4.99 Å². The molecule has 0 fully saturated rings. The van der Waals surface area contributed by atoms with Gasteiger partial charge in [0.2, 0.25) is 0 Å². The number of hydrogen-bond donors (Lipinski definition) is 2. The van der Waals surface area contributed by atoms with Gasteiger partial charge in [0, 0.05) is 5.71 Å². The fraction of sp³-hybridized carbons (Fsp3) is 0.864. The van der Waals surface area contributed by atoms with E-state index in [2.05, 4.69) is 27.7 Å². The standard InChI is InChI=1S/C22H40N2O/c1-5-6-7-8-15(2)22-21(25)10-9-19(24-22)13-20-16(3)11-18(14-23)12-17(20)4/h15-16,18-19,21,25H,5-14,23H2,1-4H3. The molecule has 5 atom stereocenters. The molecule has 0 bridgehead atoms. The topological polar surface area (TPSA) is 58.6 Å². The summed E-state index contributed by atoms with van der Waals surface area (Å²) in [6, 6.07) is 0.369. The van der Waals surface area contributed by atoms with Crippen molar-refractivity contribution in [1.29, 1.82) is 0 Å². The number of aliphatic hydroxyl groups excluding tert-OH is 1. The van der Waals surface area contributed by atoms with E-state index < -0.39 is 0 Å². The van der Waals surface area contributed by atoms with Gasteiger partial charge in [-0.2, -0.15) is 0 Å². The van der Waals surface area contributed by atoms with Gasteiger partial charge in [-0.15, -0.1) is 0 Å². The largest absolute Gasteiger partial charge is 0.387 e. The average molecular weight is 349 g/mol. The van der Waals surface area contributed by atoms with Crippen LogP contribution in [0.25, 0.3) is 0 Å². The molecule has 2 rings (SSSR count). The van der Waals surface area contributed by atoms with E-state index in [1.165, 1.54) is 25.7 Å². The number of aliphatic imine (C=N–C) groups is 1. The van der Waals surface area contributed by atoms with Crippen LogP contribution >= 0.6 is 0 Å². The summed E-state index contributed by atoms with van der Waals surface area (Å²) in [6.07, 6.45) is 10.0. The molecular weight excluding hydrogens is 308 g/mol. The molecule has 2 aliphatic rings. The zero-order chi connectivity index (χ0) is 18.4. The van der Waals surface area contributed by atoms with Crippen molar-refractivity contribution in [3.63, 3.8) is 0 Å². The predicted octanol–water partition coefficient (Wildman–Crippen LogP) is 4.88. The molecule has 1 heterocycles. The summed E-state index contributed by atoms with van der Waals surface area (Å²) in [7, 11) is 0. The molecule has 0 saturated heterocycles. The second-order valence-electron chi connectivity index (χ2n) is 8.65. The summed E-state index contributed by atoms with van der Waals surface area (Å²) in [5, 5.41) is 10.4. The van der Waals surface area contributed by atoms with Gasteiger partial charge in [-0.1, -0.05) is 51.2 Å². The van der Waals surface area contributed by atoms with Crippen molar-refractivity contribution in [2.75, 3.05) is 6.54 Å². The van der Waals surface area contributed by atoms with Crippen molar-refractivity contribution in [3.8, 4) is 0 Å². The smallest absolute Gasteiger partial charge is 0.0920 e. The first-order valence-corrected chi connectivity index (χ1v) is 10.6. The van der Waals surface area contributed by atoms with E-state index in [0.717, 1.165) is 44.4 Å². The summed E-state index contributed by atoms with van der Waals surface area (Å²) in [4.78, 5) is 5.05. The molecule has 1 aliphatic carbocycles. The minimum absolute atomic E-state index is 0.312. The first kappa shape index (κ1) is 20.6. The second-order valence-corrected chi connectivity index (χ2v) is 8.65. The number of nitrogens with zero attached hydrogens (tertiary/aromatic N) is 1. The molecular formula is C22H40N2O. The second kappa shape index (κ2) is 9.87. The molecule has 0 aromatic carbocycles. The molecule has 3 nitrogen and oxygen atoms in total. The minimum Gasteiger partial charge on any atom is -0.387 e. The molecule has 3 N–H and O–H groups in total. The highest BCUT2D eigenvalue weighted by Crippen LogP contribution is 2.37. The van der Waals surface area contributed by atoms with Crippen LogP contribution in [0.3, 0.4) is 0 Å². The maximum atomic E-state index is 10.4. The number of allylic oxidation sites excluding steroid dienone is 1. The van der Waals surface area contributed by atoms with Gasteiger partial charge in [-0.25, -0.2) is 0 Å². The maximum absolute atomic E-state index is 10.4. The van der Waals surface area contributed by atoms with Gasteiger partial charge in [0.05, 0.1) is 12.1 Å². The van der Waals surface area contributed by atoms with Crippen molar-refractivity contribution in [2.45, 2.75) is 97.6 Å². The monoisotopic (exact) mass is 348 g/mol. The van der Waals surface area contributed by atoms with Crippen LogP contribution in [0.5, 0.6) is 0 Å². The van der Waals surface area contributed by atoms with Crippen LogP contribution in [0.4, 0.5) is 0 Å². The quantitative estimate of drug-likeness (QED) is 0.485. The normalized spacial score (nSPS) is 31.8. The first-order valence-electron chi connectivity index (χ1n) is 10.6. The molecule has 1 aliphatic heterocycles. The third-order valence-corrected chi connectivity index (χ3v) is 6.41. The molecule has 0 amide bonds. The van der Waals surface area contributed by atoms with E-state index in [0.29, 0.717) is 23.8 Å². The van der Waals surface area contributed by atoms with E-state index in [1.807, 2.05) is 0 Å². The minimum atomic E-state index is -0.312. The Morgan fingerprint density at radius 2 is 2.04 bits per heavy atom. The Hall–Kier alpha value is -0.670. The van der Waals surface area contributed by atoms with Crippen LogP contribution in [0.15, 0.2) is 16.1 Å². The molecule has 3 heteroatoms. The van der Waals surface area contributed by atoms with Gasteiger partial charge in [0.15, 0.2) is 0 Å². The van der Waals surface area contributed by atoms with E-state index in [1.54, 1.807) is 11.1 Å². The zero-order valence-corrected chi connectivity index (χ0v) is 16.9. The van der Waals surface area contributed by atoms with E-state index in [4.69, 9.17) is 10.7 Å². The highest BCUT2D eigenvalue weighted by molar-refractivity contribution is 5.91. The molecule has 25 heavy (non-hydrogen) atoms. The van der Waals surface area contributed by atoms with Crippen LogP contribution in [0.2, 0.25) is 0 Å². The van der Waals surface area contributed by atoms with Gasteiger partial charge in [0.25, 0.3) is 0 Å². The Morgan fingerprint density at radius 3 is 2.68 bits per heavy atom. The number of hydrogen-bond acceptors (Lipinski definition) is 3. The SMILES string of the molecule is CCCCCC(C)C1=NC(CC2=C(C)CC(CN)CC2C)CCC1O. The lowest BCUT2D eigenvalue weighted by Gasteiger charge is -2.34. The van der Waals surface area contributed by atoms with Crippen molar-refractivity contribution in [1.82, 2.24) is 0 Å². The highest BCUT2D eigenvalue weighted by atomic mass is 16.3. The number of nitrogens with two attached hydrogens (primary N) is 1. The number of unbranched alkanes of at least 4 members (excludes halogenated alkanes) is 2. The molecule has 0 aromatic heterocycles. The lowest BCUT2D eigenvalue weighted by atomic mass is 9.75. The Labute approximate surface area is 155 Å². The average Bonchev–Trinajstić information content (AvgIpc) is 2.59. The predicted molar refractivity (Wildman–Crippen MR) is 108 cm³/mol. The van der Waals surface area contributed by atoms with Gasteiger partial charge >= 0.3 is 0 Å². The molecule has 144 valence electrons.